The minimum absolute atomic E-state index is 0.144. The molecule has 0 saturated carbocycles. The molecule has 0 aliphatic carbocycles. The Morgan fingerprint density at radius 1 is 1.36 bits per heavy atom. The molecule has 3 heterocycles. The molecular weight excluding hydrogens is 336 g/mol. The van der Waals surface area contributed by atoms with Crippen molar-refractivity contribution >= 4 is 23.0 Å². The van der Waals surface area contributed by atoms with Gasteiger partial charge in [-0.15, -0.1) is 11.3 Å². The van der Waals surface area contributed by atoms with Crippen LogP contribution in [0.25, 0.3) is 0 Å². The molecule has 2 fully saturated rings. The van der Waals surface area contributed by atoms with E-state index in [9.17, 15) is 9.59 Å². The average Bonchev–Trinajstić information content (AvgIpc) is 3.05. The number of Topliss-reactive ketones (excluding diaryl/α,β-unsaturated/α-hetero) is 1. The highest BCUT2D eigenvalue weighted by atomic mass is 32.1. The van der Waals surface area contributed by atoms with Gasteiger partial charge >= 0.3 is 0 Å². The maximum atomic E-state index is 12.2. The summed E-state index contributed by atoms with van der Waals surface area (Å²) in [5, 5.41) is 2.10. The van der Waals surface area contributed by atoms with E-state index in [1.165, 1.54) is 18.4 Å². The van der Waals surface area contributed by atoms with E-state index < -0.39 is 0 Å². The number of carbonyl (C=O) groups is 2. The smallest absolute Gasteiger partial charge is 0.222 e. The van der Waals surface area contributed by atoms with E-state index in [4.69, 9.17) is 4.74 Å². The lowest BCUT2D eigenvalue weighted by molar-refractivity contribution is -0.140. The quantitative estimate of drug-likeness (QED) is 0.729. The second kappa shape index (κ2) is 7.98. The van der Waals surface area contributed by atoms with Crippen LogP contribution in [0.1, 0.15) is 47.8 Å². The first-order valence-corrected chi connectivity index (χ1v) is 9.97. The SMILES string of the molecule is COCCN1C[C@]2(CCCN(Cc3csc(C(C)=O)c3)C2)CCC1=O. The molecule has 1 aromatic rings. The van der Waals surface area contributed by atoms with Gasteiger partial charge in [0.15, 0.2) is 5.78 Å². The molecule has 2 saturated heterocycles. The number of thiophene rings is 1. The first kappa shape index (κ1) is 18.5. The minimum Gasteiger partial charge on any atom is -0.383 e. The van der Waals surface area contributed by atoms with Gasteiger partial charge < -0.3 is 9.64 Å². The van der Waals surface area contributed by atoms with Gasteiger partial charge in [-0.3, -0.25) is 14.5 Å². The lowest BCUT2D eigenvalue weighted by atomic mass is 9.73. The fraction of sp³-hybridized carbons (Fsp3) is 0.684. The fourth-order valence-corrected chi connectivity index (χ4v) is 4.99. The highest BCUT2D eigenvalue weighted by Gasteiger charge is 2.41. The van der Waals surface area contributed by atoms with Gasteiger partial charge in [-0.05, 0) is 49.7 Å². The van der Waals surface area contributed by atoms with Crippen molar-refractivity contribution in [3.8, 4) is 0 Å². The molecule has 0 N–H and O–H groups in total. The lowest BCUT2D eigenvalue weighted by Gasteiger charge is -2.48. The van der Waals surface area contributed by atoms with Gasteiger partial charge in [0.05, 0.1) is 11.5 Å². The predicted octanol–water partition coefficient (Wildman–Crippen LogP) is 2.80. The molecule has 5 nitrogen and oxygen atoms in total. The molecule has 0 bridgehead atoms. The maximum absolute atomic E-state index is 12.2. The monoisotopic (exact) mass is 364 g/mol. The Bertz CT molecular complexity index is 630. The Hall–Kier alpha value is -1.24. The third-order valence-corrected chi connectivity index (χ3v) is 6.54. The molecule has 25 heavy (non-hydrogen) atoms. The van der Waals surface area contributed by atoms with Gasteiger partial charge in [0.1, 0.15) is 0 Å². The molecular formula is C19H28N2O3S. The maximum Gasteiger partial charge on any atom is 0.222 e. The Kier molecular flexibility index (Phi) is 5.92. The molecule has 6 heteroatoms. The number of ether oxygens (including phenoxy) is 1. The van der Waals surface area contributed by atoms with Crippen molar-refractivity contribution in [1.29, 1.82) is 0 Å². The molecule has 3 rings (SSSR count). The molecule has 138 valence electrons. The summed E-state index contributed by atoms with van der Waals surface area (Å²) < 4.78 is 5.16. The first-order chi connectivity index (χ1) is 12.0. The zero-order valence-corrected chi connectivity index (χ0v) is 16.1. The second-order valence-electron chi connectivity index (χ2n) is 7.50. The molecule has 2 aliphatic heterocycles. The van der Waals surface area contributed by atoms with Gasteiger partial charge in [-0.1, -0.05) is 0 Å². The third kappa shape index (κ3) is 4.49. The molecule has 0 radical (unpaired) electrons. The number of carbonyl (C=O) groups excluding carboxylic acids is 2. The van der Waals surface area contributed by atoms with E-state index in [-0.39, 0.29) is 17.1 Å². The van der Waals surface area contributed by atoms with E-state index in [2.05, 4.69) is 10.3 Å². The van der Waals surface area contributed by atoms with Crippen molar-refractivity contribution in [3.63, 3.8) is 0 Å². The van der Waals surface area contributed by atoms with Crippen LogP contribution in [-0.4, -0.2) is 61.4 Å². The highest BCUT2D eigenvalue weighted by Crippen LogP contribution is 2.39. The summed E-state index contributed by atoms with van der Waals surface area (Å²) in [6.07, 6.45) is 4.03. The van der Waals surface area contributed by atoms with Crippen molar-refractivity contribution in [1.82, 2.24) is 9.80 Å². The number of piperidine rings is 2. The molecule has 1 atom stereocenters. The Morgan fingerprint density at radius 2 is 2.20 bits per heavy atom. The van der Waals surface area contributed by atoms with Crippen LogP contribution in [-0.2, 0) is 16.1 Å². The molecule has 0 unspecified atom stereocenters. The minimum atomic E-state index is 0.144. The van der Waals surface area contributed by atoms with Crippen molar-refractivity contribution in [2.75, 3.05) is 39.9 Å². The largest absolute Gasteiger partial charge is 0.383 e. The Balaban J connectivity index is 1.63. The van der Waals surface area contributed by atoms with Crippen LogP contribution in [0.5, 0.6) is 0 Å². The number of nitrogens with zero attached hydrogens (tertiary/aromatic N) is 2. The summed E-state index contributed by atoms with van der Waals surface area (Å²) in [6, 6.07) is 2.03. The molecule has 0 aromatic carbocycles. The summed E-state index contributed by atoms with van der Waals surface area (Å²) in [5.74, 6) is 0.412. The number of ketones is 1. The van der Waals surface area contributed by atoms with Crippen molar-refractivity contribution in [2.45, 2.75) is 39.2 Å². The highest BCUT2D eigenvalue weighted by molar-refractivity contribution is 7.12. The first-order valence-electron chi connectivity index (χ1n) is 9.09. The number of amides is 1. The zero-order valence-electron chi connectivity index (χ0n) is 15.3. The van der Waals surface area contributed by atoms with Crippen molar-refractivity contribution in [2.24, 2.45) is 5.41 Å². The Labute approximate surface area is 153 Å². The molecule has 1 spiro atoms. The van der Waals surface area contributed by atoms with Gasteiger partial charge in [-0.25, -0.2) is 0 Å². The summed E-state index contributed by atoms with van der Waals surface area (Å²) in [4.78, 5) is 29.0. The van der Waals surface area contributed by atoms with Crippen LogP contribution < -0.4 is 0 Å². The van der Waals surface area contributed by atoms with Gasteiger partial charge in [0.25, 0.3) is 0 Å². The number of methoxy groups -OCH3 is 1. The van der Waals surface area contributed by atoms with Crippen LogP contribution >= 0.6 is 11.3 Å². The number of hydrogen-bond acceptors (Lipinski definition) is 5. The summed E-state index contributed by atoms with van der Waals surface area (Å²) in [6.45, 7) is 6.82. The number of hydrogen-bond donors (Lipinski definition) is 0. The normalized spacial score (nSPS) is 24.9. The van der Waals surface area contributed by atoms with Crippen LogP contribution in [0, 0.1) is 5.41 Å². The predicted molar refractivity (Wildman–Crippen MR) is 99.0 cm³/mol. The van der Waals surface area contributed by atoms with E-state index in [0.29, 0.717) is 19.6 Å². The molecule has 1 aromatic heterocycles. The fourth-order valence-electron chi connectivity index (χ4n) is 4.19. The standard InChI is InChI=1S/C19H28N2O3S/c1-15(22)17-10-16(12-25-17)11-20-7-3-5-19(13-20)6-4-18(23)21(14-19)8-9-24-2/h10,12H,3-9,11,13-14H2,1-2H3/t19-/m1/s1. The van der Waals surface area contributed by atoms with Crippen LogP contribution in [0.15, 0.2) is 11.4 Å². The van der Waals surface area contributed by atoms with Gasteiger partial charge in [-0.2, -0.15) is 0 Å². The van der Waals surface area contributed by atoms with Crippen LogP contribution in [0.4, 0.5) is 0 Å². The van der Waals surface area contributed by atoms with E-state index in [1.54, 1.807) is 25.4 Å². The Morgan fingerprint density at radius 3 is 2.92 bits per heavy atom. The topological polar surface area (TPSA) is 49.9 Å². The van der Waals surface area contributed by atoms with Gasteiger partial charge in [0.2, 0.25) is 5.91 Å². The van der Waals surface area contributed by atoms with Gasteiger partial charge in [0, 0.05) is 45.1 Å². The lowest BCUT2D eigenvalue weighted by Crippen LogP contribution is -2.54. The average molecular weight is 365 g/mol. The van der Waals surface area contributed by atoms with Crippen LogP contribution in [0.3, 0.4) is 0 Å². The summed E-state index contributed by atoms with van der Waals surface area (Å²) >= 11 is 1.54. The van der Waals surface area contributed by atoms with E-state index in [0.717, 1.165) is 37.5 Å². The van der Waals surface area contributed by atoms with Crippen molar-refractivity contribution < 1.29 is 14.3 Å². The molecule has 1 amide bonds. The second-order valence-corrected chi connectivity index (χ2v) is 8.41. The van der Waals surface area contributed by atoms with Crippen molar-refractivity contribution in [3.05, 3.63) is 21.9 Å². The number of rotatable bonds is 6. The van der Waals surface area contributed by atoms with E-state index >= 15 is 0 Å². The molecule has 2 aliphatic rings. The third-order valence-electron chi connectivity index (χ3n) is 5.46. The van der Waals surface area contributed by atoms with Crippen LogP contribution in [0.2, 0.25) is 0 Å². The zero-order chi connectivity index (χ0) is 17.9. The van der Waals surface area contributed by atoms with E-state index in [1.807, 2.05) is 11.0 Å². The summed E-state index contributed by atoms with van der Waals surface area (Å²) in [7, 11) is 1.68. The summed E-state index contributed by atoms with van der Waals surface area (Å²) in [5.41, 5.74) is 1.45. The number of likely N-dealkylation sites (tertiary alicyclic amines) is 2.